The molecule has 3 rings (SSSR count). The van der Waals surface area contributed by atoms with Crippen LogP contribution in [0.15, 0.2) is 42.5 Å². The van der Waals surface area contributed by atoms with Crippen molar-refractivity contribution >= 4 is 34.8 Å². The molecule has 0 aromatic heterocycles. The van der Waals surface area contributed by atoms with E-state index in [0.29, 0.717) is 17.5 Å². The van der Waals surface area contributed by atoms with Crippen LogP contribution >= 0.6 is 11.6 Å². The lowest BCUT2D eigenvalue weighted by Crippen LogP contribution is -2.29. The van der Waals surface area contributed by atoms with E-state index >= 15 is 0 Å². The molecular weight excluding hydrogens is 360 g/mol. The minimum absolute atomic E-state index is 0.00117. The van der Waals surface area contributed by atoms with Crippen LogP contribution in [0.3, 0.4) is 0 Å². The first-order chi connectivity index (χ1) is 12.9. The number of anilines is 2. The van der Waals surface area contributed by atoms with Gasteiger partial charge >= 0.3 is 0 Å². The molecule has 2 amide bonds. The molecule has 0 saturated carbocycles. The van der Waals surface area contributed by atoms with Gasteiger partial charge in [-0.25, -0.2) is 0 Å². The second-order valence-electron chi connectivity index (χ2n) is 7.22. The Balaban J connectivity index is 1.77. The van der Waals surface area contributed by atoms with Crippen molar-refractivity contribution in [3.63, 3.8) is 0 Å². The first-order valence-corrected chi connectivity index (χ1v) is 9.74. The van der Waals surface area contributed by atoms with E-state index in [1.807, 2.05) is 31.2 Å². The molecule has 142 valence electrons. The lowest BCUT2D eigenvalue weighted by Gasteiger charge is -2.23. The number of para-hydroxylation sites is 1. The van der Waals surface area contributed by atoms with E-state index in [-0.39, 0.29) is 24.2 Å². The van der Waals surface area contributed by atoms with Crippen LogP contribution in [0.1, 0.15) is 43.7 Å². The zero-order valence-electron chi connectivity index (χ0n) is 16.0. The lowest BCUT2D eigenvalue weighted by atomic mass is 9.96. The Morgan fingerprint density at radius 2 is 2.04 bits per heavy atom. The molecule has 0 radical (unpaired) electrons. The second-order valence-corrected chi connectivity index (χ2v) is 7.66. The van der Waals surface area contributed by atoms with Crippen LogP contribution in [-0.4, -0.2) is 18.4 Å². The molecule has 0 bridgehead atoms. The molecule has 4 nitrogen and oxygen atoms in total. The third-order valence-corrected chi connectivity index (χ3v) is 5.55. The van der Waals surface area contributed by atoms with Gasteiger partial charge in [0.05, 0.1) is 5.92 Å². The van der Waals surface area contributed by atoms with Gasteiger partial charge < -0.3 is 10.2 Å². The van der Waals surface area contributed by atoms with Crippen molar-refractivity contribution in [2.45, 2.75) is 39.5 Å². The molecule has 1 N–H and O–H groups in total. The Bertz CT molecular complexity index is 865. The number of aryl methyl sites for hydroxylation is 1. The van der Waals surface area contributed by atoms with Gasteiger partial charge in [0.2, 0.25) is 11.8 Å². The van der Waals surface area contributed by atoms with Crippen molar-refractivity contribution < 1.29 is 9.59 Å². The summed E-state index contributed by atoms with van der Waals surface area (Å²) in [6.45, 7) is 6.60. The molecule has 1 saturated heterocycles. The highest BCUT2D eigenvalue weighted by molar-refractivity contribution is 6.30. The summed E-state index contributed by atoms with van der Waals surface area (Å²) in [4.78, 5) is 27.1. The van der Waals surface area contributed by atoms with Crippen LogP contribution in [-0.2, 0) is 9.59 Å². The number of hydrogen-bond donors (Lipinski definition) is 1. The zero-order chi connectivity index (χ0) is 19.6. The average Bonchev–Trinajstić information content (AvgIpc) is 3.05. The lowest BCUT2D eigenvalue weighted by molar-refractivity contribution is -0.122. The normalized spacial score (nSPS) is 17.9. The summed E-state index contributed by atoms with van der Waals surface area (Å²) >= 11 is 5.97. The number of hydrogen-bond acceptors (Lipinski definition) is 2. The van der Waals surface area contributed by atoms with Gasteiger partial charge in [0.1, 0.15) is 0 Å². The van der Waals surface area contributed by atoms with Crippen LogP contribution in [0.4, 0.5) is 11.4 Å². The average molecular weight is 385 g/mol. The number of halogens is 1. The Morgan fingerprint density at radius 3 is 2.74 bits per heavy atom. The third-order valence-electron chi connectivity index (χ3n) is 5.31. The smallest absolute Gasteiger partial charge is 0.229 e. The van der Waals surface area contributed by atoms with Gasteiger partial charge in [-0.1, -0.05) is 43.6 Å². The summed E-state index contributed by atoms with van der Waals surface area (Å²) in [6, 6.07) is 13.3. The first-order valence-electron chi connectivity index (χ1n) is 9.37. The summed E-state index contributed by atoms with van der Waals surface area (Å²) in [6.07, 6.45) is 1.23. The fourth-order valence-corrected chi connectivity index (χ4v) is 3.71. The van der Waals surface area contributed by atoms with Crippen molar-refractivity contribution in [2.75, 3.05) is 16.8 Å². The van der Waals surface area contributed by atoms with Gasteiger partial charge in [0.25, 0.3) is 0 Å². The maximum absolute atomic E-state index is 12.7. The molecule has 1 aliphatic heterocycles. The van der Waals surface area contributed by atoms with Crippen LogP contribution < -0.4 is 10.2 Å². The molecule has 27 heavy (non-hydrogen) atoms. The van der Waals surface area contributed by atoms with Crippen LogP contribution in [0, 0.1) is 12.8 Å². The summed E-state index contributed by atoms with van der Waals surface area (Å²) in [5, 5.41) is 3.58. The molecule has 1 fully saturated rings. The summed E-state index contributed by atoms with van der Waals surface area (Å²) in [5.41, 5.74) is 3.72. The number of nitrogens with zero attached hydrogens (tertiary/aromatic N) is 1. The van der Waals surface area contributed by atoms with Gasteiger partial charge in [-0.05, 0) is 54.7 Å². The van der Waals surface area contributed by atoms with E-state index in [1.54, 1.807) is 17.0 Å². The van der Waals surface area contributed by atoms with Gasteiger partial charge in [-0.2, -0.15) is 0 Å². The van der Waals surface area contributed by atoms with Gasteiger partial charge in [-0.15, -0.1) is 0 Å². The van der Waals surface area contributed by atoms with Crippen LogP contribution in [0.2, 0.25) is 5.02 Å². The number of amides is 2. The molecular formula is C22H25ClN2O2. The number of nitrogens with one attached hydrogen (secondary N) is 1. The van der Waals surface area contributed by atoms with Gasteiger partial charge in [0, 0.05) is 29.4 Å². The van der Waals surface area contributed by atoms with Crippen molar-refractivity contribution in [1.82, 2.24) is 0 Å². The van der Waals surface area contributed by atoms with Crippen molar-refractivity contribution in [3.8, 4) is 0 Å². The SMILES string of the molecule is CC[C@@H](C)c1ccccc1N1C[C@@H](C(=O)Nc2ccc(Cl)cc2C)CC1=O. The van der Waals surface area contributed by atoms with E-state index in [1.165, 1.54) is 0 Å². The minimum atomic E-state index is -0.363. The van der Waals surface area contributed by atoms with E-state index in [9.17, 15) is 9.59 Å². The van der Waals surface area contributed by atoms with Gasteiger partial charge in [0.15, 0.2) is 0 Å². The summed E-state index contributed by atoms with van der Waals surface area (Å²) < 4.78 is 0. The highest BCUT2D eigenvalue weighted by Gasteiger charge is 2.36. The number of carbonyl (C=O) groups excluding carboxylic acids is 2. The first kappa shape index (κ1) is 19.4. The van der Waals surface area contributed by atoms with Crippen LogP contribution in [0.25, 0.3) is 0 Å². The molecule has 2 atom stereocenters. The molecule has 0 spiro atoms. The van der Waals surface area contributed by atoms with E-state index in [2.05, 4.69) is 25.2 Å². The van der Waals surface area contributed by atoms with E-state index < -0.39 is 0 Å². The molecule has 2 aromatic carbocycles. The maximum atomic E-state index is 12.7. The fraction of sp³-hybridized carbons (Fsp3) is 0.364. The topological polar surface area (TPSA) is 49.4 Å². The molecule has 0 unspecified atom stereocenters. The quantitative estimate of drug-likeness (QED) is 0.774. The highest BCUT2D eigenvalue weighted by atomic mass is 35.5. The van der Waals surface area contributed by atoms with E-state index in [0.717, 1.165) is 28.9 Å². The molecule has 1 aliphatic rings. The summed E-state index contributed by atoms with van der Waals surface area (Å²) in [5.74, 6) is -0.132. The van der Waals surface area contributed by atoms with Crippen LogP contribution in [0.5, 0.6) is 0 Å². The summed E-state index contributed by atoms with van der Waals surface area (Å²) in [7, 11) is 0. The van der Waals surface area contributed by atoms with Crippen molar-refractivity contribution in [2.24, 2.45) is 5.92 Å². The Kier molecular flexibility index (Phi) is 5.85. The number of benzene rings is 2. The molecule has 1 heterocycles. The largest absolute Gasteiger partial charge is 0.326 e. The maximum Gasteiger partial charge on any atom is 0.229 e. The molecule has 2 aromatic rings. The third kappa shape index (κ3) is 4.16. The minimum Gasteiger partial charge on any atom is -0.326 e. The monoisotopic (exact) mass is 384 g/mol. The Labute approximate surface area is 165 Å². The van der Waals surface area contributed by atoms with E-state index in [4.69, 9.17) is 11.6 Å². The van der Waals surface area contributed by atoms with Crippen molar-refractivity contribution in [3.05, 3.63) is 58.6 Å². The number of carbonyl (C=O) groups is 2. The second kappa shape index (κ2) is 8.13. The molecule has 0 aliphatic carbocycles. The Hall–Kier alpha value is -2.33. The van der Waals surface area contributed by atoms with Crippen molar-refractivity contribution in [1.29, 1.82) is 0 Å². The molecule has 5 heteroatoms. The number of rotatable bonds is 5. The Morgan fingerprint density at radius 1 is 1.30 bits per heavy atom. The predicted molar refractivity (Wildman–Crippen MR) is 110 cm³/mol. The predicted octanol–water partition coefficient (Wildman–Crippen LogP) is 5.15. The zero-order valence-corrected chi connectivity index (χ0v) is 16.7. The standard InChI is InChI=1S/C22H25ClN2O2/c1-4-14(2)18-7-5-6-8-20(18)25-13-16(12-21(25)26)22(27)24-19-10-9-17(23)11-15(19)3/h5-11,14,16H,4,12-13H2,1-3H3,(H,24,27)/t14-,16+/m1/s1. The highest BCUT2D eigenvalue weighted by Crippen LogP contribution is 2.34. The van der Waals surface area contributed by atoms with Gasteiger partial charge in [-0.3, -0.25) is 9.59 Å². The fourth-order valence-electron chi connectivity index (χ4n) is 3.49.